The third-order valence-corrected chi connectivity index (χ3v) is 4.26. The van der Waals surface area contributed by atoms with E-state index >= 15 is 0 Å². The van der Waals surface area contributed by atoms with E-state index in [2.05, 4.69) is 15.6 Å². The highest BCUT2D eigenvalue weighted by Crippen LogP contribution is 2.14. The van der Waals surface area contributed by atoms with Crippen molar-refractivity contribution in [3.05, 3.63) is 16.1 Å². The molecule has 0 aromatic carbocycles. The van der Waals surface area contributed by atoms with E-state index in [1.807, 2.05) is 18.4 Å². The van der Waals surface area contributed by atoms with Crippen molar-refractivity contribution in [2.75, 3.05) is 33.2 Å². The standard InChI is InChI=1S/C13H23N3S/c1-14-7-4-5-12-11-17-13(15-12)6-10-16-8-2-3-9-16/h11,14H,2-10H2,1H3. The Balaban J connectivity index is 1.69. The molecule has 2 rings (SSSR count). The molecular weight excluding hydrogens is 230 g/mol. The van der Waals surface area contributed by atoms with Gasteiger partial charge in [-0.2, -0.15) is 0 Å². The van der Waals surface area contributed by atoms with Crippen molar-refractivity contribution in [1.29, 1.82) is 0 Å². The summed E-state index contributed by atoms with van der Waals surface area (Å²) < 4.78 is 0. The molecule has 96 valence electrons. The largest absolute Gasteiger partial charge is 0.320 e. The van der Waals surface area contributed by atoms with Gasteiger partial charge in [0.1, 0.15) is 0 Å². The van der Waals surface area contributed by atoms with Crippen LogP contribution in [-0.4, -0.2) is 43.1 Å². The lowest BCUT2D eigenvalue weighted by Gasteiger charge is -2.12. The number of thiazole rings is 1. The minimum Gasteiger partial charge on any atom is -0.320 e. The first-order valence-electron chi connectivity index (χ1n) is 6.69. The normalized spacial score (nSPS) is 16.8. The highest BCUT2D eigenvalue weighted by Gasteiger charge is 2.11. The minimum atomic E-state index is 1.08. The highest BCUT2D eigenvalue weighted by atomic mass is 32.1. The topological polar surface area (TPSA) is 28.2 Å². The van der Waals surface area contributed by atoms with Gasteiger partial charge in [0, 0.05) is 18.3 Å². The summed E-state index contributed by atoms with van der Waals surface area (Å²) in [5.41, 5.74) is 1.28. The fraction of sp³-hybridized carbons (Fsp3) is 0.769. The van der Waals surface area contributed by atoms with Gasteiger partial charge < -0.3 is 10.2 Å². The molecule has 4 heteroatoms. The van der Waals surface area contributed by atoms with Gasteiger partial charge in [-0.05, 0) is 52.4 Å². The van der Waals surface area contributed by atoms with Crippen LogP contribution in [0.1, 0.15) is 30.0 Å². The maximum Gasteiger partial charge on any atom is 0.0941 e. The second-order valence-electron chi connectivity index (χ2n) is 4.74. The minimum absolute atomic E-state index is 1.08. The maximum atomic E-state index is 4.71. The Morgan fingerprint density at radius 2 is 2.18 bits per heavy atom. The molecule has 0 radical (unpaired) electrons. The predicted molar refractivity (Wildman–Crippen MR) is 73.7 cm³/mol. The van der Waals surface area contributed by atoms with Crippen molar-refractivity contribution in [3.63, 3.8) is 0 Å². The number of hydrogen-bond acceptors (Lipinski definition) is 4. The number of aromatic nitrogens is 1. The molecule has 3 nitrogen and oxygen atoms in total. The van der Waals surface area contributed by atoms with Crippen molar-refractivity contribution in [2.24, 2.45) is 0 Å². The van der Waals surface area contributed by atoms with Crippen LogP contribution >= 0.6 is 11.3 Å². The Hall–Kier alpha value is -0.450. The average Bonchev–Trinajstić information content (AvgIpc) is 2.98. The van der Waals surface area contributed by atoms with Gasteiger partial charge in [0.15, 0.2) is 0 Å². The van der Waals surface area contributed by atoms with Crippen molar-refractivity contribution < 1.29 is 0 Å². The van der Waals surface area contributed by atoms with Crippen LogP contribution in [0.15, 0.2) is 5.38 Å². The van der Waals surface area contributed by atoms with Crippen LogP contribution in [0.5, 0.6) is 0 Å². The van der Waals surface area contributed by atoms with E-state index in [0.29, 0.717) is 0 Å². The summed E-state index contributed by atoms with van der Waals surface area (Å²) in [7, 11) is 2.00. The molecule has 0 saturated carbocycles. The molecule has 1 aromatic heterocycles. The summed E-state index contributed by atoms with van der Waals surface area (Å²) in [5, 5.41) is 6.72. The van der Waals surface area contributed by atoms with Crippen LogP contribution in [0, 0.1) is 0 Å². The quantitative estimate of drug-likeness (QED) is 0.753. The molecule has 17 heavy (non-hydrogen) atoms. The lowest BCUT2D eigenvalue weighted by atomic mass is 10.2. The Morgan fingerprint density at radius 1 is 1.35 bits per heavy atom. The van der Waals surface area contributed by atoms with Crippen LogP contribution in [-0.2, 0) is 12.8 Å². The fourth-order valence-corrected chi connectivity index (χ4v) is 3.11. The van der Waals surface area contributed by atoms with E-state index in [4.69, 9.17) is 4.98 Å². The van der Waals surface area contributed by atoms with Gasteiger partial charge in [0.05, 0.1) is 10.7 Å². The fourth-order valence-electron chi connectivity index (χ4n) is 2.28. The second-order valence-corrected chi connectivity index (χ2v) is 5.68. The lowest BCUT2D eigenvalue weighted by Crippen LogP contribution is -2.21. The maximum absolute atomic E-state index is 4.71. The summed E-state index contributed by atoms with van der Waals surface area (Å²) in [6.07, 6.45) is 6.20. The summed E-state index contributed by atoms with van der Waals surface area (Å²) >= 11 is 1.83. The summed E-state index contributed by atoms with van der Waals surface area (Å²) in [4.78, 5) is 7.26. The summed E-state index contributed by atoms with van der Waals surface area (Å²) in [6, 6.07) is 0. The smallest absolute Gasteiger partial charge is 0.0941 e. The molecule has 1 N–H and O–H groups in total. The van der Waals surface area contributed by atoms with Crippen molar-refractivity contribution in [1.82, 2.24) is 15.2 Å². The van der Waals surface area contributed by atoms with Gasteiger partial charge in [-0.1, -0.05) is 0 Å². The zero-order valence-corrected chi connectivity index (χ0v) is 11.6. The van der Waals surface area contributed by atoms with Gasteiger partial charge in [0.25, 0.3) is 0 Å². The average molecular weight is 253 g/mol. The molecule has 1 saturated heterocycles. The SMILES string of the molecule is CNCCCc1csc(CCN2CCCC2)n1. The van der Waals surface area contributed by atoms with E-state index in [1.54, 1.807) is 0 Å². The molecule has 0 atom stereocenters. The monoisotopic (exact) mass is 253 g/mol. The first-order chi connectivity index (χ1) is 8.38. The van der Waals surface area contributed by atoms with Gasteiger partial charge in [-0.15, -0.1) is 11.3 Å². The number of nitrogens with one attached hydrogen (secondary N) is 1. The molecule has 0 spiro atoms. The van der Waals surface area contributed by atoms with Gasteiger partial charge in [0.2, 0.25) is 0 Å². The van der Waals surface area contributed by atoms with Crippen molar-refractivity contribution in [2.45, 2.75) is 32.1 Å². The third kappa shape index (κ3) is 4.37. The third-order valence-electron chi connectivity index (χ3n) is 3.30. The number of nitrogens with zero attached hydrogens (tertiary/aromatic N) is 2. The van der Waals surface area contributed by atoms with E-state index in [0.717, 1.165) is 19.4 Å². The Labute approximate surface area is 108 Å². The zero-order valence-electron chi connectivity index (χ0n) is 10.7. The summed E-state index contributed by atoms with van der Waals surface area (Å²) in [6.45, 7) is 4.87. The van der Waals surface area contributed by atoms with Gasteiger partial charge in [-0.3, -0.25) is 0 Å². The number of hydrogen-bond donors (Lipinski definition) is 1. The Kier molecular flexibility index (Phi) is 5.42. The Morgan fingerprint density at radius 3 is 2.94 bits per heavy atom. The van der Waals surface area contributed by atoms with Crippen LogP contribution in [0.25, 0.3) is 0 Å². The summed E-state index contributed by atoms with van der Waals surface area (Å²) in [5.74, 6) is 0. The molecule has 0 aliphatic carbocycles. The number of aryl methyl sites for hydroxylation is 1. The molecule has 0 amide bonds. The molecule has 0 bridgehead atoms. The molecule has 1 fully saturated rings. The van der Waals surface area contributed by atoms with E-state index in [-0.39, 0.29) is 0 Å². The van der Waals surface area contributed by atoms with E-state index in [9.17, 15) is 0 Å². The first-order valence-corrected chi connectivity index (χ1v) is 7.56. The van der Waals surface area contributed by atoms with Crippen molar-refractivity contribution >= 4 is 11.3 Å². The van der Waals surface area contributed by atoms with E-state index < -0.39 is 0 Å². The van der Waals surface area contributed by atoms with Crippen LogP contribution in [0.3, 0.4) is 0 Å². The zero-order chi connectivity index (χ0) is 11.9. The van der Waals surface area contributed by atoms with Crippen molar-refractivity contribution in [3.8, 4) is 0 Å². The number of rotatable bonds is 7. The molecule has 1 aliphatic rings. The first kappa shape index (κ1) is 13.0. The highest BCUT2D eigenvalue weighted by molar-refractivity contribution is 7.09. The van der Waals surface area contributed by atoms with E-state index in [1.165, 1.54) is 49.6 Å². The lowest BCUT2D eigenvalue weighted by molar-refractivity contribution is 0.343. The molecule has 0 unspecified atom stereocenters. The number of likely N-dealkylation sites (tertiary alicyclic amines) is 1. The molecule has 1 aliphatic heterocycles. The Bertz CT molecular complexity index is 318. The molecular formula is C13H23N3S. The molecule has 2 heterocycles. The van der Waals surface area contributed by atoms with Gasteiger partial charge in [-0.25, -0.2) is 4.98 Å². The molecule has 1 aromatic rings. The van der Waals surface area contributed by atoms with Crippen LogP contribution in [0.4, 0.5) is 0 Å². The second kappa shape index (κ2) is 7.09. The predicted octanol–water partition coefficient (Wildman–Crippen LogP) is 1.93. The van der Waals surface area contributed by atoms with Crippen LogP contribution < -0.4 is 5.32 Å². The van der Waals surface area contributed by atoms with Gasteiger partial charge >= 0.3 is 0 Å². The van der Waals surface area contributed by atoms with Crippen LogP contribution in [0.2, 0.25) is 0 Å².